The number of carbonyl (C=O) groups is 1. The summed E-state index contributed by atoms with van der Waals surface area (Å²) in [4.78, 5) is 11.3. The third kappa shape index (κ3) is 2.54. The van der Waals surface area contributed by atoms with Gasteiger partial charge in [0.25, 0.3) is 0 Å². The minimum atomic E-state index is -0.600. The van der Waals surface area contributed by atoms with Crippen LogP contribution in [0.15, 0.2) is 18.2 Å². The Bertz CT molecular complexity index is 398. The van der Waals surface area contributed by atoms with Crippen LogP contribution < -0.4 is 0 Å². The molecule has 0 aromatic heterocycles. The lowest BCUT2D eigenvalue weighted by Gasteiger charge is -2.00. The Morgan fingerprint density at radius 3 is 2.93 bits per heavy atom. The normalized spacial score (nSPS) is 9.50. The van der Waals surface area contributed by atoms with Crippen molar-refractivity contribution in [1.82, 2.24) is 0 Å². The average Bonchev–Trinajstić information content (AvgIpc) is 2.18. The van der Waals surface area contributed by atoms with E-state index >= 15 is 0 Å². The molecule has 1 aromatic rings. The molecule has 0 aliphatic carbocycles. The molecule has 0 amide bonds. The van der Waals surface area contributed by atoms with E-state index in [2.05, 4.69) is 0 Å². The van der Waals surface area contributed by atoms with E-state index in [9.17, 15) is 9.18 Å². The van der Waals surface area contributed by atoms with E-state index in [1.165, 1.54) is 12.1 Å². The number of nitrogens with zero attached hydrogens (tertiary/aromatic N) is 1. The molecule has 0 radical (unpaired) electrons. The van der Waals surface area contributed by atoms with E-state index in [1.54, 1.807) is 0 Å². The van der Waals surface area contributed by atoms with Crippen molar-refractivity contribution in [3.8, 4) is 6.07 Å². The summed E-state index contributed by atoms with van der Waals surface area (Å²) >= 11 is 5.61. The zero-order valence-electron chi connectivity index (χ0n) is 7.26. The van der Waals surface area contributed by atoms with Gasteiger partial charge < -0.3 is 0 Å². The molecular formula is C10H7ClFNO. The summed E-state index contributed by atoms with van der Waals surface area (Å²) < 4.78 is 13.1. The topological polar surface area (TPSA) is 40.9 Å². The van der Waals surface area contributed by atoms with E-state index < -0.39 is 11.6 Å². The predicted octanol–water partition coefficient (Wildman–Crippen LogP) is 2.97. The van der Waals surface area contributed by atoms with Crippen LogP contribution in [0.3, 0.4) is 0 Å². The van der Waals surface area contributed by atoms with Gasteiger partial charge in [0.15, 0.2) is 5.78 Å². The fourth-order valence-electron chi connectivity index (χ4n) is 1.02. The second-order valence-electron chi connectivity index (χ2n) is 2.71. The number of rotatable bonds is 3. The van der Waals surface area contributed by atoms with Crippen LogP contribution in [0.4, 0.5) is 4.39 Å². The van der Waals surface area contributed by atoms with Gasteiger partial charge in [0.1, 0.15) is 5.82 Å². The maximum absolute atomic E-state index is 13.1. The zero-order chi connectivity index (χ0) is 10.6. The summed E-state index contributed by atoms with van der Waals surface area (Å²) in [7, 11) is 0. The van der Waals surface area contributed by atoms with Gasteiger partial charge in [-0.3, -0.25) is 4.79 Å². The summed E-state index contributed by atoms with van der Waals surface area (Å²) in [6, 6.07) is 5.61. The van der Waals surface area contributed by atoms with Crippen molar-refractivity contribution in [3.05, 3.63) is 34.6 Å². The van der Waals surface area contributed by atoms with Crippen molar-refractivity contribution in [2.45, 2.75) is 12.8 Å². The first-order valence-electron chi connectivity index (χ1n) is 4.00. The summed E-state index contributed by atoms with van der Waals surface area (Å²) in [5.74, 6) is -0.996. The second kappa shape index (κ2) is 4.73. The minimum absolute atomic E-state index is 0.0216. The summed E-state index contributed by atoms with van der Waals surface area (Å²) in [5, 5.41) is 8.58. The highest BCUT2D eigenvalue weighted by atomic mass is 35.5. The van der Waals surface area contributed by atoms with Gasteiger partial charge in [0.05, 0.1) is 11.6 Å². The van der Waals surface area contributed by atoms with Crippen LogP contribution in [0.25, 0.3) is 0 Å². The number of halogens is 2. The van der Waals surface area contributed by atoms with E-state index in [-0.39, 0.29) is 18.4 Å². The maximum atomic E-state index is 13.1. The SMILES string of the molecule is N#CCCC(=O)c1cc(Cl)ccc1F. The number of hydrogen-bond donors (Lipinski definition) is 0. The Kier molecular flexibility index (Phi) is 3.61. The van der Waals surface area contributed by atoms with E-state index in [4.69, 9.17) is 16.9 Å². The minimum Gasteiger partial charge on any atom is -0.294 e. The molecule has 1 aromatic carbocycles. The van der Waals surface area contributed by atoms with E-state index in [1.807, 2.05) is 6.07 Å². The Hall–Kier alpha value is -1.40. The van der Waals surface area contributed by atoms with Crippen LogP contribution in [-0.4, -0.2) is 5.78 Å². The fraction of sp³-hybridized carbons (Fsp3) is 0.200. The molecule has 14 heavy (non-hydrogen) atoms. The molecule has 0 saturated carbocycles. The third-order valence-corrected chi connectivity index (χ3v) is 1.93. The largest absolute Gasteiger partial charge is 0.294 e. The van der Waals surface area contributed by atoms with Crippen LogP contribution in [0, 0.1) is 17.1 Å². The standard InChI is InChI=1S/C10H7ClFNO/c11-7-3-4-9(12)8(6-7)10(14)2-1-5-13/h3-4,6H,1-2H2. The molecule has 0 aliphatic heterocycles. The van der Waals surface area contributed by atoms with Gasteiger partial charge in [-0.25, -0.2) is 4.39 Å². The molecule has 0 fully saturated rings. The lowest BCUT2D eigenvalue weighted by atomic mass is 10.1. The Balaban J connectivity index is 2.90. The highest BCUT2D eigenvalue weighted by molar-refractivity contribution is 6.31. The zero-order valence-corrected chi connectivity index (χ0v) is 8.01. The number of nitriles is 1. The highest BCUT2D eigenvalue weighted by Gasteiger charge is 2.11. The van der Waals surface area contributed by atoms with Crippen LogP contribution in [0.2, 0.25) is 5.02 Å². The van der Waals surface area contributed by atoms with Gasteiger partial charge in [-0.2, -0.15) is 5.26 Å². The van der Waals surface area contributed by atoms with Crippen molar-refractivity contribution in [1.29, 1.82) is 5.26 Å². The average molecular weight is 212 g/mol. The summed E-state index contributed by atoms with van der Waals surface area (Å²) in [6.45, 7) is 0. The van der Waals surface area contributed by atoms with Gasteiger partial charge in [-0.05, 0) is 18.2 Å². The quantitative estimate of drug-likeness (QED) is 0.722. The van der Waals surface area contributed by atoms with Gasteiger partial charge >= 0.3 is 0 Å². The van der Waals surface area contributed by atoms with Crippen LogP contribution in [-0.2, 0) is 0 Å². The Morgan fingerprint density at radius 2 is 2.29 bits per heavy atom. The van der Waals surface area contributed by atoms with E-state index in [0.29, 0.717) is 5.02 Å². The Labute approximate surface area is 85.9 Å². The van der Waals surface area contributed by atoms with Crippen molar-refractivity contribution in [2.75, 3.05) is 0 Å². The molecule has 1 rings (SSSR count). The van der Waals surface area contributed by atoms with Crippen molar-refractivity contribution in [2.24, 2.45) is 0 Å². The first kappa shape index (κ1) is 10.7. The van der Waals surface area contributed by atoms with Gasteiger partial charge in [0.2, 0.25) is 0 Å². The number of benzene rings is 1. The Morgan fingerprint density at radius 1 is 1.57 bits per heavy atom. The lowest BCUT2D eigenvalue weighted by molar-refractivity contribution is 0.0980. The summed E-state index contributed by atoms with van der Waals surface area (Å²) in [6.07, 6.45) is 0.110. The molecule has 0 heterocycles. The molecule has 0 saturated heterocycles. The first-order valence-corrected chi connectivity index (χ1v) is 4.38. The smallest absolute Gasteiger partial charge is 0.166 e. The number of ketones is 1. The number of Topliss-reactive ketones (excluding diaryl/α,β-unsaturated/α-hetero) is 1. The van der Waals surface area contributed by atoms with Gasteiger partial charge in [-0.1, -0.05) is 11.6 Å². The van der Waals surface area contributed by atoms with Gasteiger partial charge in [-0.15, -0.1) is 0 Å². The van der Waals surface area contributed by atoms with Crippen LogP contribution in [0.1, 0.15) is 23.2 Å². The molecule has 0 spiro atoms. The third-order valence-electron chi connectivity index (χ3n) is 1.69. The fourth-order valence-corrected chi connectivity index (χ4v) is 1.19. The maximum Gasteiger partial charge on any atom is 0.166 e. The molecule has 0 atom stereocenters. The summed E-state index contributed by atoms with van der Waals surface area (Å²) in [5.41, 5.74) is -0.0484. The van der Waals surface area contributed by atoms with Crippen molar-refractivity contribution in [3.63, 3.8) is 0 Å². The first-order chi connectivity index (χ1) is 6.65. The molecule has 72 valence electrons. The van der Waals surface area contributed by atoms with Crippen LogP contribution >= 0.6 is 11.6 Å². The second-order valence-corrected chi connectivity index (χ2v) is 3.14. The number of hydrogen-bond acceptors (Lipinski definition) is 2. The predicted molar refractivity (Wildman–Crippen MR) is 50.6 cm³/mol. The molecular weight excluding hydrogens is 205 g/mol. The van der Waals surface area contributed by atoms with Gasteiger partial charge in [0, 0.05) is 17.9 Å². The molecule has 0 bridgehead atoms. The van der Waals surface area contributed by atoms with Crippen LogP contribution in [0.5, 0.6) is 0 Å². The van der Waals surface area contributed by atoms with E-state index in [0.717, 1.165) is 6.07 Å². The molecule has 0 N–H and O–H groups in total. The molecule has 0 unspecified atom stereocenters. The number of carbonyl (C=O) groups excluding carboxylic acids is 1. The van der Waals surface area contributed by atoms with Crippen molar-refractivity contribution < 1.29 is 9.18 Å². The monoisotopic (exact) mass is 211 g/mol. The molecule has 4 heteroatoms. The molecule has 2 nitrogen and oxygen atoms in total. The highest BCUT2D eigenvalue weighted by Crippen LogP contribution is 2.16. The molecule has 0 aliphatic rings. The lowest BCUT2D eigenvalue weighted by Crippen LogP contribution is -2.01. The van der Waals surface area contributed by atoms with Crippen molar-refractivity contribution >= 4 is 17.4 Å².